The van der Waals surface area contributed by atoms with E-state index < -0.39 is 0 Å². The Bertz CT molecular complexity index is 399. The van der Waals surface area contributed by atoms with Crippen LogP contribution in [0.5, 0.6) is 5.75 Å². The summed E-state index contributed by atoms with van der Waals surface area (Å²) in [5.41, 5.74) is 3.40. The Hall–Kier alpha value is -1.51. The van der Waals surface area contributed by atoms with Gasteiger partial charge in [-0.25, -0.2) is 0 Å². The van der Waals surface area contributed by atoms with Gasteiger partial charge in [0.2, 0.25) is 0 Å². The molecular formula is C14H21NO2. The van der Waals surface area contributed by atoms with Gasteiger partial charge in [0.25, 0.3) is 0 Å². The highest BCUT2D eigenvalue weighted by Crippen LogP contribution is 2.25. The summed E-state index contributed by atoms with van der Waals surface area (Å²) in [7, 11) is 1.68. The van der Waals surface area contributed by atoms with E-state index in [0.717, 1.165) is 35.5 Å². The van der Waals surface area contributed by atoms with E-state index in [1.807, 2.05) is 13.0 Å². The molecule has 17 heavy (non-hydrogen) atoms. The number of hydrogen-bond donors (Lipinski definition) is 1. The fourth-order valence-electron chi connectivity index (χ4n) is 1.76. The Morgan fingerprint density at radius 2 is 2.00 bits per heavy atom. The van der Waals surface area contributed by atoms with Crippen LogP contribution >= 0.6 is 0 Å². The van der Waals surface area contributed by atoms with Crippen LogP contribution in [0.2, 0.25) is 0 Å². The van der Waals surface area contributed by atoms with Crippen LogP contribution < -0.4 is 10.1 Å². The number of hydrogen-bond acceptors (Lipinski definition) is 3. The van der Waals surface area contributed by atoms with E-state index in [0.29, 0.717) is 6.42 Å². The average molecular weight is 235 g/mol. The topological polar surface area (TPSA) is 38.3 Å². The molecule has 0 aromatic heterocycles. The molecular weight excluding hydrogens is 214 g/mol. The number of ether oxygens (including phenoxy) is 1. The van der Waals surface area contributed by atoms with E-state index in [2.05, 4.69) is 18.3 Å². The Morgan fingerprint density at radius 3 is 2.59 bits per heavy atom. The van der Waals surface area contributed by atoms with Crippen molar-refractivity contribution in [2.45, 2.75) is 33.6 Å². The minimum atomic E-state index is 0.245. The number of carbonyl (C=O) groups excluding carboxylic acids is 1. The smallest absolute Gasteiger partial charge is 0.129 e. The van der Waals surface area contributed by atoms with Crippen LogP contribution in [-0.2, 0) is 4.79 Å². The third kappa shape index (κ3) is 4.10. The molecule has 3 heteroatoms. The Balaban J connectivity index is 2.59. The molecule has 0 amide bonds. The zero-order valence-corrected chi connectivity index (χ0v) is 11.1. The molecule has 0 fully saturated rings. The van der Waals surface area contributed by atoms with Gasteiger partial charge < -0.3 is 14.8 Å². The second-order valence-corrected chi connectivity index (χ2v) is 4.37. The summed E-state index contributed by atoms with van der Waals surface area (Å²) in [6.07, 6.45) is 1.51. The number of Topliss-reactive ketones (excluding diaryl/α,β-unsaturated/α-hetero) is 1. The molecule has 0 saturated carbocycles. The van der Waals surface area contributed by atoms with E-state index in [1.165, 1.54) is 0 Å². The van der Waals surface area contributed by atoms with E-state index in [9.17, 15) is 4.79 Å². The second kappa shape index (κ2) is 6.28. The minimum absolute atomic E-state index is 0.245. The van der Waals surface area contributed by atoms with Crippen LogP contribution in [0.1, 0.15) is 30.9 Å². The molecule has 1 aromatic rings. The molecule has 1 rings (SSSR count). The molecule has 0 aliphatic heterocycles. The van der Waals surface area contributed by atoms with Gasteiger partial charge in [-0.15, -0.1) is 0 Å². The zero-order chi connectivity index (χ0) is 12.8. The van der Waals surface area contributed by atoms with Crippen LogP contribution in [0.4, 0.5) is 5.69 Å². The van der Waals surface area contributed by atoms with E-state index >= 15 is 0 Å². The number of methoxy groups -OCH3 is 1. The molecule has 0 spiro atoms. The van der Waals surface area contributed by atoms with Crippen LogP contribution in [0.3, 0.4) is 0 Å². The molecule has 1 aromatic carbocycles. The van der Waals surface area contributed by atoms with Crippen molar-refractivity contribution < 1.29 is 9.53 Å². The predicted octanol–water partition coefficient (Wildman–Crippen LogP) is 3.09. The van der Waals surface area contributed by atoms with Crippen molar-refractivity contribution in [1.29, 1.82) is 0 Å². The van der Waals surface area contributed by atoms with Gasteiger partial charge >= 0.3 is 0 Å². The van der Waals surface area contributed by atoms with Crippen LogP contribution in [-0.4, -0.2) is 19.4 Å². The second-order valence-electron chi connectivity index (χ2n) is 4.37. The summed E-state index contributed by atoms with van der Waals surface area (Å²) in [5, 5.41) is 3.35. The van der Waals surface area contributed by atoms with Gasteiger partial charge in [0, 0.05) is 18.7 Å². The van der Waals surface area contributed by atoms with Crippen molar-refractivity contribution in [3.8, 4) is 5.75 Å². The standard InChI is InChI=1S/C14H21NO2/c1-10-9-14(17-4)11(2)8-13(10)15-7-5-6-12(3)16/h8-9,15H,5-7H2,1-4H3. The number of anilines is 1. The number of rotatable bonds is 6. The van der Waals surface area contributed by atoms with Crippen LogP contribution in [0, 0.1) is 13.8 Å². The number of benzene rings is 1. The Morgan fingerprint density at radius 1 is 1.29 bits per heavy atom. The van der Waals surface area contributed by atoms with Gasteiger partial charge in [0.15, 0.2) is 0 Å². The van der Waals surface area contributed by atoms with Gasteiger partial charge in [-0.3, -0.25) is 0 Å². The lowest BCUT2D eigenvalue weighted by atomic mass is 10.1. The highest BCUT2D eigenvalue weighted by atomic mass is 16.5. The molecule has 0 aliphatic carbocycles. The van der Waals surface area contributed by atoms with E-state index in [4.69, 9.17) is 4.74 Å². The fraction of sp³-hybridized carbons (Fsp3) is 0.500. The van der Waals surface area contributed by atoms with Gasteiger partial charge in [0.05, 0.1) is 7.11 Å². The summed E-state index contributed by atoms with van der Waals surface area (Å²) in [6, 6.07) is 4.12. The zero-order valence-electron chi connectivity index (χ0n) is 11.1. The van der Waals surface area contributed by atoms with Gasteiger partial charge in [-0.05, 0) is 50.5 Å². The summed E-state index contributed by atoms with van der Waals surface area (Å²) < 4.78 is 5.27. The molecule has 0 aliphatic rings. The monoisotopic (exact) mass is 235 g/mol. The molecule has 3 nitrogen and oxygen atoms in total. The molecule has 94 valence electrons. The normalized spacial score (nSPS) is 10.1. The Labute approximate surface area is 103 Å². The minimum Gasteiger partial charge on any atom is -0.496 e. The predicted molar refractivity (Wildman–Crippen MR) is 70.9 cm³/mol. The lowest BCUT2D eigenvalue weighted by Crippen LogP contribution is -2.05. The highest BCUT2D eigenvalue weighted by molar-refractivity contribution is 5.75. The molecule has 0 heterocycles. The first-order valence-electron chi connectivity index (χ1n) is 5.93. The lowest BCUT2D eigenvalue weighted by molar-refractivity contribution is -0.117. The summed E-state index contributed by atoms with van der Waals surface area (Å²) in [4.78, 5) is 10.8. The quantitative estimate of drug-likeness (QED) is 0.770. The summed E-state index contributed by atoms with van der Waals surface area (Å²) in [5.74, 6) is 1.16. The molecule has 0 unspecified atom stereocenters. The van der Waals surface area contributed by atoms with Crippen LogP contribution in [0.15, 0.2) is 12.1 Å². The fourth-order valence-corrected chi connectivity index (χ4v) is 1.76. The number of ketones is 1. The molecule has 0 saturated heterocycles. The van der Waals surface area contributed by atoms with Crippen molar-refractivity contribution in [1.82, 2.24) is 0 Å². The van der Waals surface area contributed by atoms with Crippen molar-refractivity contribution in [3.63, 3.8) is 0 Å². The lowest BCUT2D eigenvalue weighted by Gasteiger charge is -2.13. The van der Waals surface area contributed by atoms with Crippen molar-refractivity contribution >= 4 is 11.5 Å². The van der Waals surface area contributed by atoms with Gasteiger partial charge in [0.1, 0.15) is 11.5 Å². The average Bonchev–Trinajstić information content (AvgIpc) is 2.28. The summed E-state index contributed by atoms with van der Waals surface area (Å²) >= 11 is 0. The van der Waals surface area contributed by atoms with E-state index in [-0.39, 0.29) is 5.78 Å². The van der Waals surface area contributed by atoms with Gasteiger partial charge in [-0.1, -0.05) is 0 Å². The maximum Gasteiger partial charge on any atom is 0.129 e. The third-order valence-electron chi connectivity index (χ3n) is 2.76. The molecule has 0 radical (unpaired) electrons. The SMILES string of the molecule is COc1cc(C)c(NCCCC(C)=O)cc1C. The maximum absolute atomic E-state index is 10.8. The molecule has 0 atom stereocenters. The number of carbonyl (C=O) groups is 1. The number of aryl methyl sites for hydroxylation is 2. The largest absolute Gasteiger partial charge is 0.496 e. The first kappa shape index (κ1) is 13.6. The maximum atomic E-state index is 10.8. The Kier molecular flexibility index (Phi) is 5.01. The van der Waals surface area contributed by atoms with Crippen molar-refractivity contribution in [3.05, 3.63) is 23.3 Å². The van der Waals surface area contributed by atoms with Crippen molar-refractivity contribution in [2.24, 2.45) is 0 Å². The number of nitrogens with one attached hydrogen (secondary N) is 1. The first-order chi connectivity index (χ1) is 8.04. The van der Waals surface area contributed by atoms with E-state index in [1.54, 1.807) is 14.0 Å². The van der Waals surface area contributed by atoms with Gasteiger partial charge in [-0.2, -0.15) is 0 Å². The first-order valence-corrected chi connectivity index (χ1v) is 5.93. The highest BCUT2D eigenvalue weighted by Gasteiger charge is 2.04. The van der Waals surface area contributed by atoms with Crippen LogP contribution in [0.25, 0.3) is 0 Å². The third-order valence-corrected chi connectivity index (χ3v) is 2.76. The molecule has 0 bridgehead atoms. The van der Waals surface area contributed by atoms with Crippen molar-refractivity contribution in [2.75, 3.05) is 19.0 Å². The summed E-state index contributed by atoms with van der Waals surface area (Å²) in [6.45, 7) is 6.53. The molecule has 1 N–H and O–H groups in total.